The predicted octanol–water partition coefficient (Wildman–Crippen LogP) is 4.81. The number of aromatic nitrogens is 3. The number of hydrogen-bond donors (Lipinski definition) is 0. The predicted molar refractivity (Wildman–Crippen MR) is 69.7 cm³/mol. The van der Waals surface area contributed by atoms with E-state index in [0.29, 0.717) is 12.1 Å². The molecule has 0 unspecified atom stereocenters. The van der Waals surface area contributed by atoms with Crippen molar-refractivity contribution in [3.05, 3.63) is 40.6 Å². The first kappa shape index (κ1) is 16.5. The fraction of sp³-hybridized carbons (Fsp3) is 0.167. The molecule has 1 aromatic heterocycles. The number of nitrogens with zero attached hydrogens (tertiary/aromatic N) is 3. The van der Waals surface area contributed by atoms with Crippen molar-refractivity contribution >= 4 is 22.1 Å². The van der Waals surface area contributed by atoms with Crippen LogP contribution in [0, 0.1) is 0 Å². The summed E-state index contributed by atoms with van der Waals surface area (Å²) in [5.74, 6) is -0.248. The monoisotopic (exact) mass is 385 g/mol. The lowest BCUT2D eigenvalue weighted by Crippen LogP contribution is -2.11. The van der Waals surface area contributed by atoms with Gasteiger partial charge in [-0.3, -0.25) is 0 Å². The molecular formula is C12H6BrF6N3. The van der Waals surface area contributed by atoms with Crippen molar-refractivity contribution in [2.45, 2.75) is 12.4 Å². The van der Waals surface area contributed by atoms with Crippen molar-refractivity contribution in [3.63, 3.8) is 0 Å². The van der Waals surface area contributed by atoms with Crippen LogP contribution in [0.4, 0.5) is 26.3 Å². The van der Waals surface area contributed by atoms with E-state index in [4.69, 9.17) is 0 Å². The van der Waals surface area contributed by atoms with Crippen molar-refractivity contribution in [2.24, 2.45) is 0 Å². The van der Waals surface area contributed by atoms with Gasteiger partial charge < -0.3 is 0 Å². The zero-order valence-electron chi connectivity index (χ0n) is 10.5. The van der Waals surface area contributed by atoms with E-state index in [1.807, 2.05) is 0 Å². The first-order valence-corrected chi connectivity index (χ1v) is 6.50. The van der Waals surface area contributed by atoms with E-state index >= 15 is 0 Å². The van der Waals surface area contributed by atoms with E-state index in [1.54, 1.807) is 0 Å². The van der Waals surface area contributed by atoms with Gasteiger partial charge in [-0.25, -0.2) is 9.67 Å². The van der Waals surface area contributed by atoms with Crippen LogP contribution in [0.1, 0.15) is 11.1 Å². The van der Waals surface area contributed by atoms with Crippen molar-refractivity contribution < 1.29 is 26.3 Å². The minimum absolute atomic E-state index is 0.0544. The topological polar surface area (TPSA) is 30.7 Å². The van der Waals surface area contributed by atoms with E-state index in [-0.39, 0.29) is 17.5 Å². The van der Waals surface area contributed by atoms with E-state index in [2.05, 4.69) is 26.0 Å². The summed E-state index contributed by atoms with van der Waals surface area (Å²) >= 11 is 2.96. The van der Waals surface area contributed by atoms with Crippen molar-refractivity contribution in [3.8, 4) is 11.4 Å². The van der Waals surface area contributed by atoms with Gasteiger partial charge in [-0.2, -0.15) is 26.3 Å². The Bertz CT molecular complexity index is 669. The molecule has 0 atom stereocenters. The summed E-state index contributed by atoms with van der Waals surface area (Å²) in [6.07, 6.45) is -7.29. The van der Waals surface area contributed by atoms with Crippen molar-refractivity contribution in [1.29, 1.82) is 0 Å². The third kappa shape index (κ3) is 3.67. The van der Waals surface area contributed by atoms with Gasteiger partial charge in [-0.05, 0) is 23.2 Å². The van der Waals surface area contributed by atoms with Crippen molar-refractivity contribution in [2.75, 3.05) is 0 Å². The largest absolute Gasteiger partial charge is 0.416 e. The van der Waals surface area contributed by atoms with Gasteiger partial charge >= 0.3 is 12.4 Å². The van der Waals surface area contributed by atoms with E-state index in [1.165, 1.54) is 11.2 Å². The Morgan fingerprint density at radius 3 is 1.95 bits per heavy atom. The summed E-state index contributed by atoms with van der Waals surface area (Å²) < 4.78 is 77.6. The molecule has 0 radical (unpaired) electrons. The molecule has 1 aromatic carbocycles. The molecule has 0 bridgehead atoms. The molecule has 118 valence electrons. The van der Waals surface area contributed by atoms with Gasteiger partial charge in [-0.1, -0.05) is 15.9 Å². The third-order valence-corrected chi connectivity index (χ3v) is 2.80. The Kier molecular flexibility index (Phi) is 4.32. The molecule has 0 aliphatic carbocycles. The molecule has 0 saturated heterocycles. The average Bonchev–Trinajstić information content (AvgIpc) is 2.85. The molecule has 0 amide bonds. The van der Waals surface area contributed by atoms with Gasteiger partial charge in [0, 0.05) is 11.8 Å². The molecule has 0 aliphatic rings. The molecule has 10 heteroatoms. The maximum absolute atomic E-state index is 12.7. The lowest BCUT2D eigenvalue weighted by molar-refractivity contribution is -0.143. The van der Waals surface area contributed by atoms with Crippen LogP contribution in [0.3, 0.4) is 0 Å². The normalized spacial score (nSPS) is 13.0. The average molecular weight is 386 g/mol. The highest BCUT2D eigenvalue weighted by atomic mass is 79.9. The van der Waals surface area contributed by atoms with Gasteiger partial charge in [0.05, 0.1) is 11.1 Å². The van der Waals surface area contributed by atoms with Crippen LogP contribution >= 0.6 is 15.9 Å². The Labute approximate surface area is 128 Å². The molecule has 0 N–H and O–H groups in total. The van der Waals surface area contributed by atoms with Gasteiger partial charge in [0.1, 0.15) is 6.33 Å². The van der Waals surface area contributed by atoms with Crippen LogP contribution < -0.4 is 0 Å². The van der Waals surface area contributed by atoms with Crippen LogP contribution in [-0.4, -0.2) is 14.8 Å². The smallest absolute Gasteiger partial charge is 0.227 e. The summed E-state index contributed by atoms with van der Waals surface area (Å²) in [5, 5.41) is 3.77. The van der Waals surface area contributed by atoms with E-state index in [0.717, 1.165) is 11.0 Å². The van der Waals surface area contributed by atoms with Crippen LogP contribution in [-0.2, 0) is 12.4 Å². The minimum Gasteiger partial charge on any atom is -0.227 e. The van der Waals surface area contributed by atoms with Gasteiger partial charge in [-0.15, -0.1) is 5.10 Å². The van der Waals surface area contributed by atoms with Crippen LogP contribution in [0.25, 0.3) is 17.6 Å². The van der Waals surface area contributed by atoms with Gasteiger partial charge in [0.2, 0.25) is 0 Å². The fourth-order valence-corrected chi connectivity index (χ4v) is 1.86. The molecule has 2 aromatic rings. The van der Waals surface area contributed by atoms with E-state index < -0.39 is 23.5 Å². The zero-order valence-corrected chi connectivity index (χ0v) is 12.0. The van der Waals surface area contributed by atoms with Gasteiger partial charge in [0.15, 0.2) is 5.82 Å². The lowest BCUT2D eigenvalue weighted by Gasteiger charge is -2.13. The molecule has 0 saturated carbocycles. The first-order chi connectivity index (χ1) is 10.1. The Morgan fingerprint density at radius 1 is 0.955 bits per heavy atom. The highest BCUT2D eigenvalue weighted by Crippen LogP contribution is 2.37. The fourth-order valence-electron chi connectivity index (χ4n) is 1.62. The number of rotatable bonds is 2. The number of hydrogen-bond acceptors (Lipinski definition) is 2. The number of benzene rings is 1. The molecule has 0 spiro atoms. The quantitative estimate of drug-likeness (QED) is 0.694. The molecule has 2 rings (SSSR count). The third-order valence-electron chi connectivity index (χ3n) is 2.56. The van der Waals surface area contributed by atoms with Crippen molar-refractivity contribution in [1.82, 2.24) is 14.8 Å². The summed E-state index contributed by atoms with van der Waals surface area (Å²) in [7, 11) is 0. The van der Waals surface area contributed by atoms with Crippen LogP contribution in [0.15, 0.2) is 29.5 Å². The maximum Gasteiger partial charge on any atom is 0.416 e. The lowest BCUT2D eigenvalue weighted by atomic mass is 10.0. The molecule has 0 aliphatic heterocycles. The highest BCUT2D eigenvalue weighted by molar-refractivity contribution is 9.11. The maximum atomic E-state index is 12.7. The zero-order chi connectivity index (χ0) is 16.5. The summed E-state index contributed by atoms with van der Waals surface area (Å²) in [6.45, 7) is 0. The summed E-state index contributed by atoms with van der Waals surface area (Å²) in [4.78, 5) is 5.10. The molecule has 0 fully saturated rings. The molecule has 22 heavy (non-hydrogen) atoms. The number of halogens is 7. The highest BCUT2D eigenvalue weighted by Gasteiger charge is 2.37. The van der Waals surface area contributed by atoms with Crippen LogP contribution in [0.5, 0.6) is 0 Å². The second kappa shape index (κ2) is 5.75. The van der Waals surface area contributed by atoms with E-state index in [9.17, 15) is 26.3 Å². The Hall–Kier alpha value is -1.84. The second-order valence-corrected chi connectivity index (χ2v) is 4.65. The molecular weight excluding hydrogens is 380 g/mol. The Balaban J connectivity index is 2.59. The standard InChI is InChI=1S/C12H6BrF6N3/c13-1-2-22-6-20-10(21-22)7-3-8(11(14,15)16)5-9(4-7)12(17,18)19/h1-6H/b2-1+. The molecule has 1 heterocycles. The van der Waals surface area contributed by atoms with Gasteiger partial charge in [0.25, 0.3) is 0 Å². The minimum atomic E-state index is -4.91. The molecule has 3 nitrogen and oxygen atoms in total. The second-order valence-electron chi connectivity index (χ2n) is 4.12. The number of alkyl halides is 6. The first-order valence-electron chi connectivity index (χ1n) is 5.59. The Morgan fingerprint density at radius 2 is 1.50 bits per heavy atom. The summed E-state index contributed by atoms with van der Waals surface area (Å²) in [5.41, 5.74) is -3.20. The SMILES string of the molecule is FC(F)(F)c1cc(-c2ncn(/C=C/Br)n2)cc(C(F)(F)F)c1. The summed E-state index contributed by atoms with van der Waals surface area (Å²) in [6, 6.07) is 1.21. The van der Waals surface area contributed by atoms with Crippen LogP contribution in [0.2, 0.25) is 0 Å².